The average molecular weight is 359 g/mol. The van der Waals surface area contributed by atoms with E-state index in [0.29, 0.717) is 22.0 Å². The molecule has 25 heavy (non-hydrogen) atoms. The largest absolute Gasteiger partial charge is 0.452 e. The number of nitrogens with one attached hydrogen (secondary N) is 1. The van der Waals surface area contributed by atoms with Crippen molar-refractivity contribution in [3.63, 3.8) is 0 Å². The van der Waals surface area contributed by atoms with Gasteiger partial charge >= 0.3 is 5.97 Å². The van der Waals surface area contributed by atoms with Gasteiger partial charge in [-0.15, -0.1) is 0 Å². The minimum absolute atomic E-state index is 0.0776. The van der Waals surface area contributed by atoms with E-state index in [1.807, 2.05) is 18.2 Å². The van der Waals surface area contributed by atoms with Crippen LogP contribution in [0.3, 0.4) is 0 Å². The summed E-state index contributed by atoms with van der Waals surface area (Å²) in [5.74, 6) is -1.01. The maximum Gasteiger partial charge on any atom is 0.312 e. The lowest BCUT2D eigenvalue weighted by Crippen LogP contribution is -2.30. The van der Waals surface area contributed by atoms with Gasteiger partial charge in [0.05, 0.1) is 6.42 Å². The number of nitrogens with zero attached hydrogens (tertiary/aromatic N) is 1. The van der Waals surface area contributed by atoms with Crippen molar-refractivity contribution >= 4 is 40.1 Å². The molecule has 0 fully saturated rings. The normalized spacial score (nSPS) is 11.9. The van der Waals surface area contributed by atoms with E-state index in [1.54, 1.807) is 30.3 Å². The third-order valence-electron chi connectivity index (χ3n) is 3.53. The van der Waals surface area contributed by atoms with Gasteiger partial charge in [-0.3, -0.25) is 9.59 Å². The van der Waals surface area contributed by atoms with Crippen molar-refractivity contribution in [2.24, 2.45) is 0 Å². The molecule has 1 N–H and O–H groups in total. The Balaban J connectivity index is 1.59. The number of fused-ring (bicyclic) bond motifs is 1. The van der Waals surface area contributed by atoms with Gasteiger partial charge in [0.1, 0.15) is 5.69 Å². The van der Waals surface area contributed by atoms with Crippen molar-refractivity contribution in [3.05, 3.63) is 59.2 Å². The Kier molecular flexibility index (Phi) is 5.00. The zero-order valence-electron chi connectivity index (χ0n) is 13.4. The molecule has 1 atom stereocenters. The summed E-state index contributed by atoms with van der Waals surface area (Å²) in [4.78, 5) is 24.2. The van der Waals surface area contributed by atoms with Crippen LogP contribution in [0.15, 0.2) is 53.1 Å². The third kappa shape index (κ3) is 4.16. The highest BCUT2D eigenvalue weighted by Gasteiger charge is 2.20. The highest BCUT2D eigenvalue weighted by atomic mass is 35.5. The van der Waals surface area contributed by atoms with Crippen LogP contribution in [-0.4, -0.2) is 23.1 Å². The molecule has 3 rings (SSSR count). The SMILES string of the molecule is C[C@@H](OC(=O)Cc1noc2ccccc12)C(=O)Nc1cccc(Cl)c1. The van der Waals surface area contributed by atoms with Crippen LogP contribution in [0, 0.1) is 0 Å². The molecular formula is C18H15ClN2O4. The van der Waals surface area contributed by atoms with Crippen LogP contribution in [-0.2, 0) is 20.7 Å². The minimum Gasteiger partial charge on any atom is -0.452 e. The van der Waals surface area contributed by atoms with Crippen LogP contribution in [0.5, 0.6) is 0 Å². The Labute approximate surface area is 148 Å². The molecule has 2 aromatic carbocycles. The Hall–Kier alpha value is -2.86. The minimum atomic E-state index is -0.954. The number of benzene rings is 2. The van der Waals surface area contributed by atoms with Crippen LogP contribution >= 0.6 is 11.6 Å². The summed E-state index contributed by atoms with van der Waals surface area (Å²) in [6.07, 6.45) is -1.03. The summed E-state index contributed by atoms with van der Waals surface area (Å²) in [5, 5.41) is 7.76. The van der Waals surface area contributed by atoms with E-state index in [4.69, 9.17) is 20.9 Å². The molecule has 0 spiro atoms. The molecule has 1 amide bonds. The number of aromatic nitrogens is 1. The number of anilines is 1. The molecular weight excluding hydrogens is 344 g/mol. The number of para-hydroxylation sites is 1. The van der Waals surface area contributed by atoms with Crippen molar-refractivity contribution in [3.8, 4) is 0 Å². The zero-order chi connectivity index (χ0) is 17.8. The molecule has 128 valence electrons. The molecule has 0 saturated carbocycles. The number of ether oxygens (including phenoxy) is 1. The number of hydrogen-bond donors (Lipinski definition) is 1. The smallest absolute Gasteiger partial charge is 0.312 e. The van der Waals surface area contributed by atoms with E-state index >= 15 is 0 Å². The fraction of sp³-hybridized carbons (Fsp3) is 0.167. The second kappa shape index (κ2) is 7.36. The number of rotatable bonds is 5. The first-order valence-corrected chi connectivity index (χ1v) is 8.00. The van der Waals surface area contributed by atoms with Gasteiger partial charge in [-0.25, -0.2) is 0 Å². The van der Waals surface area contributed by atoms with Gasteiger partial charge in [0.25, 0.3) is 5.91 Å². The van der Waals surface area contributed by atoms with Crippen LogP contribution < -0.4 is 5.32 Å². The van der Waals surface area contributed by atoms with Crippen LogP contribution in [0.1, 0.15) is 12.6 Å². The fourth-order valence-corrected chi connectivity index (χ4v) is 2.50. The van der Waals surface area contributed by atoms with Gasteiger partial charge in [0.15, 0.2) is 11.7 Å². The van der Waals surface area contributed by atoms with Crippen molar-refractivity contribution in [1.82, 2.24) is 5.16 Å². The number of esters is 1. The van der Waals surface area contributed by atoms with Gasteiger partial charge < -0.3 is 14.6 Å². The second-order valence-electron chi connectivity index (χ2n) is 5.43. The number of carbonyl (C=O) groups excluding carboxylic acids is 2. The van der Waals surface area contributed by atoms with Gasteiger partial charge in [0, 0.05) is 16.1 Å². The molecule has 0 aliphatic carbocycles. The quantitative estimate of drug-likeness (QED) is 0.705. The second-order valence-corrected chi connectivity index (χ2v) is 5.87. The molecule has 1 heterocycles. The molecule has 0 unspecified atom stereocenters. The Bertz CT molecular complexity index is 922. The van der Waals surface area contributed by atoms with E-state index < -0.39 is 18.0 Å². The lowest BCUT2D eigenvalue weighted by Gasteiger charge is -2.13. The number of halogens is 1. The van der Waals surface area contributed by atoms with E-state index in [0.717, 1.165) is 5.39 Å². The summed E-state index contributed by atoms with van der Waals surface area (Å²) >= 11 is 5.87. The van der Waals surface area contributed by atoms with Crippen molar-refractivity contribution in [2.75, 3.05) is 5.32 Å². The topological polar surface area (TPSA) is 81.4 Å². The molecule has 0 aliphatic heterocycles. The predicted octanol–water partition coefficient (Wildman–Crippen LogP) is 3.59. The van der Waals surface area contributed by atoms with Crippen molar-refractivity contribution in [1.29, 1.82) is 0 Å². The van der Waals surface area contributed by atoms with Crippen LogP contribution in [0.4, 0.5) is 5.69 Å². The summed E-state index contributed by atoms with van der Waals surface area (Å²) in [5.41, 5.74) is 1.60. The summed E-state index contributed by atoms with van der Waals surface area (Å²) < 4.78 is 10.3. The lowest BCUT2D eigenvalue weighted by atomic mass is 10.2. The molecule has 0 aliphatic rings. The van der Waals surface area contributed by atoms with Gasteiger partial charge in [-0.1, -0.05) is 35.0 Å². The molecule has 0 bridgehead atoms. The average Bonchev–Trinajstić information content (AvgIpc) is 2.98. The van der Waals surface area contributed by atoms with Crippen LogP contribution in [0.25, 0.3) is 11.0 Å². The monoisotopic (exact) mass is 358 g/mol. The third-order valence-corrected chi connectivity index (χ3v) is 3.77. The highest BCUT2D eigenvalue weighted by Crippen LogP contribution is 2.19. The van der Waals surface area contributed by atoms with Crippen molar-refractivity contribution < 1.29 is 18.8 Å². The summed E-state index contributed by atoms with van der Waals surface area (Å²) in [6.45, 7) is 1.50. The zero-order valence-corrected chi connectivity index (χ0v) is 14.1. The Morgan fingerprint density at radius 2 is 2.04 bits per heavy atom. The van der Waals surface area contributed by atoms with Crippen molar-refractivity contribution in [2.45, 2.75) is 19.4 Å². The molecule has 0 saturated heterocycles. The van der Waals surface area contributed by atoms with Gasteiger partial charge in [0.2, 0.25) is 0 Å². The maximum absolute atomic E-state index is 12.1. The first kappa shape index (κ1) is 17.0. The molecule has 6 nitrogen and oxygen atoms in total. The fourth-order valence-electron chi connectivity index (χ4n) is 2.30. The predicted molar refractivity (Wildman–Crippen MR) is 93.3 cm³/mol. The van der Waals surface area contributed by atoms with Gasteiger partial charge in [-0.05, 0) is 37.3 Å². The molecule has 0 radical (unpaired) electrons. The highest BCUT2D eigenvalue weighted by molar-refractivity contribution is 6.30. The number of hydrogen-bond acceptors (Lipinski definition) is 5. The molecule has 3 aromatic rings. The van der Waals surface area contributed by atoms with Gasteiger partial charge in [-0.2, -0.15) is 0 Å². The van der Waals surface area contributed by atoms with E-state index in [-0.39, 0.29) is 6.42 Å². The maximum atomic E-state index is 12.1. The Morgan fingerprint density at radius 3 is 2.84 bits per heavy atom. The van der Waals surface area contributed by atoms with Crippen LogP contribution in [0.2, 0.25) is 5.02 Å². The first-order valence-electron chi connectivity index (χ1n) is 7.62. The molecule has 1 aromatic heterocycles. The molecule has 7 heteroatoms. The standard InChI is InChI=1S/C18H15ClN2O4/c1-11(18(23)20-13-6-4-5-12(19)9-13)24-17(22)10-15-14-7-2-3-8-16(14)25-21-15/h2-9,11H,10H2,1H3,(H,20,23)/t11-/m1/s1. The lowest BCUT2D eigenvalue weighted by molar-refractivity contribution is -0.152. The Morgan fingerprint density at radius 1 is 1.24 bits per heavy atom. The summed E-state index contributed by atoms with van der Waals surface area (Å²) in [6, 6.07) is 13.9. The first-order chi connectivity index (χ1) is 12.0. The number of carbonyl (C=O) groups is 2. The number of amides is 1. The van der Waals surface area contributed by atoms with E-state index in [1.165, 1.54) is 6.92 Å². The van der Waals surface area contributed by atoms with E-state index in [9.17, 15) is 9.59 Å². The van der Waals surface area contributed by atoms with E-state index in [2.05, 4.69) is 10.5 Å². The summed E-state index contributed by atoms with van der Waals surface area (Å²) in [7, 11) is 0.